The Hall–Kier alpha value is 0.160. The highest BCUT2D eigenvalue weighted by molar-refractivity contribution is 14.1. The van der Waals surface area contributed by atoms with Gasteiger partial charge in [0.25, 0.3) is 0 Å². The summed E-state index contributed by atoms with van der Waals surface area (Å²) in [4.78, 5) is 11.5. The summed E-state index contributed by atoms with van der Waals surface area (Å²) in [6, 6.07) is 0. The van der Waals surface area contributed by atoms with E-state index in [0.717, 1.165) is 6.42 Å². The van der Waals surface area contributed by atoms with Crippen LogP contribution in [0, 0.1) is 23.7 Å². The molecule has 13 heavy (non-hydrogen) atoms. The number of aliphatic hydroxyl groups excluding tert-OH is 1. The number of aliphatic hydroxyl groups is 1. The predicted octanol–water partition coefficient (Wildman–Crippen LogP) is 0.590. The van der Waals surface area contributed by atoms with Crippen LogP contribution in [0.3, 0.4) is 0 Å². The van der Waals surface area contributed by atoms with Crippen LogP contribution in [0.5, 0.6) is 0 Å². The topological polar surface area (TPSA) is 46.5 Å². The lowest BCUT2D eigenvalue weighted by molar-refractivity contribution is -0.144. The van der Waals surface area contributed by atoms with Gasteiger partial charge in [-0.25, -0.2) is 0 Å². The molecule has 0 spiro atoms. The number of halogens is 1. The molecule has 0 aromatic carbocycles. The third-order valence-electron chi connectivity index (χ3n) is 3.90. The van der Waals surface area contributed by atoms with E-state index in [1.165, 1.54) is 0 Å². The van der Waals surface area contributed by atoms with Gasteiger partial charge in [-0.1, -0.05) is 22.6 Å². The Morgan fingerprint density at radius 3 is 3.00 bits per heavy atom. The highest BCUT2D eigenvalue weighted by Crippen LogP contribution is 2.59. The van der Waals surface area contributed by atoms with Crippen molar-refractivity contribution in [3.63, 3.8) is 0 Å². The molecule has 0 aromatic heterocycles. The molecule has 6 atom stereocenters. The largest absolute Gasteiger partial charge is 0.461 e. The molecule has 1 saturated heterocycles. The van der Waals surface area contributed by atoms with Crippen molar-refractivity contribution in [3.8, 4) is 0 Å². The summed E-state index contributed by atoms with van der Waals surface area (Å²) in [5.74, 6) is 1.06. The fourth-order valence-electron chi connectivity index (χ4n) is 3.37. The number of carbonyl (C=O) groups is 1. The van der Waals surface area contributed by atoms with E-state index >= 15 is 0 Å². The first-order valence-corrected chi connectivity index (χ1v) is 5.94. The summed E-state index contributed by atoms with van der Waals surface area (Å²) in [6.07, 6.45) is 1.24. The normalized spacial score (nSPS) is 57.2. The molecule has 2 saturated carbocycles. The van der Waals surface area contributed by atoms with Gasteiger partial charge >= 0.3 is 5.97 Å². The number of hydrogen-bond donors (Lipinski definition) is 1. The molecule has 0 unspecified atom stereocenters. The van der Waals surface area contributed by atoms with Gasteiger partial charge in [-0.2, -0.15) is 0 Å². The summed E-state index contributed by atoms with van der Waals surface area (Å²) in [5.41, 5.74) is 0. The second kappa shape index (κ2) is 2.59. The van der Waals surface area contributed by atoms with E-state index in [1.54, 1.807) is 0 Å². The van der Waals surface area contributed by atoms with Crippen LogP contribution < -0.4 is 0 Å². The number of carbonyl (C=O) groups excluding carboxylic acids is 1. The molecule has 1 heterocycles. The standard InChI is InChI=1S/C9H11IO3/c10-7-3-1-4-6(5(3)2-11)9(12)13-8(4)7/h3-8,11H,1-2H2/t3-,4+,5-,6-,7+,8+/m1/s1. The number of ether oxygens (including phenoxy) is 1. The lowest BCUT2D eigenvalue weighted by atomic mass is 9.80. The Morgan fingerprint density at radius 1 is 1.54 bits per heavy atom. The Bertz CT molecular complexity index is 268. The zero-order valence-corrected chi connectivity index (χ0v) is 9.18. The van der Waals surface area contributed by atoms with Crippen LogP contribution in [-0.4, -0.2) is 27.7 Å². The van der Waals surface area contributed by atoms with E-state index in [4.69, 9.17) is 4.74 Å². The van der Waals surface area contributed by atoms with E-state index in [9.17, 15) is 9.90 Å². The van der Waals surface area contributed by atoms with Gasteiger partial charge in [0.15, 0.2) is 0 Å². The smallest absolute Gasteiger partial charge is 0.310 e. The van der Waals surface area contributed by atoms with Gasteiger partial charge in [-0.3, -0.25) is 4.79 Å². The van der Waals surface area contributed by atoms with Crippen molar-refractivity contribution in [1.82, 2.24) is 0 Å². The molecule has 1 aliphatic heterocycles. The minimum atomic E-state index is -0.0595. The molecule has 2 aliphatic carbocycles. The second-order valence-corrected chi connectivity index (χ2v) is 5.72. The lowest BCUT2D eigenvalue weighted by Gasteiger charge is -2.26. The van der Waals surface area contributed by atoms with Crippen LogP contribution in [0.4, 0.5) is 0 Å². The number of hydrogen-bond acceptors (Lipinski definition) is 3. The molecule has 4 heteroatoms. The maximum atomic E-state index is 11.5. The molecule has 3 aliphatic rings. The zero-order valence-electron chi connectivity index (χ0n) is 7.02. The minimum absolute atomic E-state index is 0.0195. The predicted molar refractivity (Wildman–Crippen MR) is 53.4 cm³/mol. The highest BCUT2D eigenvalue weighted by Gasteiger charge is 2.65. The van der Waals surface area contributed by atoms with Crippen LogP contribution in [-0.2, 0) is 9.53 Å². The van der Waals surface area contributed by atoms with E-state index in [2.05, 4.69) is 22.6 Å². The van der Waals surface area contributed by atoms with Crippen molar-refractivity contribution in [2.75, 3.05) is 6.61 Å². The number of fused-ring (bicyclic) bond motifs is 1. The first-order chi connectivity index (χ1) is 6.24. The zero-order chi connectivity index (χ0) is 9.16. The van der Waals surface area contributed by atoms with Crippen molar-refractivity contribution < 1.29 is 14.6 Å². The fraction of sp³-hybridized carbons (Fsp3) is 0.889. The molecule has 1 N–H and O–H groups in total. The second-order valence-electron chi connectivity index (χ2n) is 4.28. The van der Waals surface area contributed by atoms with Gasteiger partial charge in [0.1, 0.15) is 6.10 Å². The van der Waals surface area contributed by atoms with E-state index in [-0.39, 0.29) is 30.5 Å². The lowest BCUT2D eigenvalue weighted by Crippen LogP contribution is -2.35. The van der Waals surface area contributed by atoms with Crippen molar-refractivity contribution in [2.24, 2.45) is 23.7 Å². The third-order valence-corrected chi connectivity index (χ3v) is 5.53. The maximum Gasteiger partial charge on any atom is 0.310 e. The van der Waals surface area contributed by atoms with Gasteiger partial charge in [0, 0.05) is 12.5 Å². The van der Waals surface area contributed by atoms with Crippen LogP contribution >= 0.6 is 22.6 Å². The first-order valence-electron chi connectivity index (χ1n) is 4.69. The molecule has 72 valence electrons. The van der Waals surface area contributed by atoms with Crippen molar-refractivity contribution in [1.29, 1.82) is 0 Å². The van der Waals surface area contributed by atoms with Crippen molar-refractivity contribution in [2.45, 2.75) is 16.4 Å². The maximum absolute atomic E-state index is 11.5. The quantitative estimate of drug-likeness (QED) is 0.437. The van der Waals surface area contributed by atoms with E-state index < -0.39 is 0 Å². The average molecular weight is 294 g/mol. The third kappa shape index (κ3) is 0.862. The van der Waals surface area contributed by atoms with E-state index in [1.807, 2.05) is 0 Å². The number of esters is 1. The minimum Gasteiger partial charge on any atom is -0.461 e. The Balaban J connectivity index is 2.01. The summed E-state index contributed by atoms with van der Waals surface area (Å²) >= 11 is 2.37. The van der Waals surface area contributed by atoms with Crippen molar-refractivity contribution >= 4 is 28.6 Å². The van der Waals surface area contributed by atoms with Crippen LogP contribution in [0.2, 0.25) is 0 Å². The molecule has 3 fully saturated rings. The summed E-state index contributed by atoms with van der Waals surface area (Å²) in [5, 5.41) is 9.23. The highest BCUT2D eigenvalue weighted by atomic mass is 127. The molecule has 2 bridgehead atoms. The molecule has 3 nitrogen and oxygen atoms in total. The average Bonchev–Trinajstić information content (AvgIpc) is 2.68. The fourth-order valence-corrected chi connectivity index (χ4v) is 4.87. The summed E-state index contributed by atoms with van der Waals surface area (Å²) in [7, 11) is 0. The Kier molecular flexibility index (Phi) is 1.69. The summed E-state index contributed by atoms with van der Waals surface area (Å²) in [6.45, 7) is 0.146. The van der Waals surface area contributed by atoms with Gasteiger partial charge in [-0.05, 0) is 18.3 Å². The molecule has 3 rings (SSSR count). The van der Waals surface area contributed by atoms with E-state index in [0.29, 0.717) is 15.8 Å². The number of alkyl halides is 1. The van der Waals surface area contributed by atoms with Crippen molar-refractivity contribution in [3.05, 3.63) is 0 Å². The van der Waals surface area contributed by atoms with Gasteiger partial charge < -0.3 is 9.84 Å². The van der Waals surface area contributed by atoms with Crippen LogP contribution in [0.15, 0.2) is 0 Å². The molecular formula is C9H11IO3. The van der Waals surface area contributed by atoms with Gasteiger partial charge in [-0.15, -0.1) is 0 Å². The molecule has 0 aromatic rings. The van der Waals surface area contributed by atoms with Crippen LogP contribution in [0.1, 0.15) is 6.42 Å². The van der Waals surface area contributed by atoms with Gasteiger partial charge in [0.05, 0.1) is 9.84 Å². The Morgan fingerprint density at radius 2 is 2.31 bits per heavy atom. The summed E-state index contributed by atoms with van der Waals surface area (Å²) < 4.78 is 5.76. The molecule has 0 radical (unpaired) electrons. The van der Waals surface area contributed by atoms with Gasteiger partial charge in [0.2, 0.25) is 0 Å². The monoisotopic (exact) mass is 294 g/mol. The first kappa shape index (κ1) is 8.47. The molecule has 0 amide bonds. The molecular weight excluding hydrogens is 283 g/mol. The number of rotatable bonds is 1. The Labute approximate surface area is 90.0 Å². The SMILES string of the molecule is O=C1O[C@@H]2[C@@H](I)[C@@H]3C[C@H]2[C@@H]1[C@@H]3CO. The van der Waals surface area contributed by atoms with Crippen LogP contribution in [0.25, 0.3) is 0 Å².